The number of benzene rings is 5. The number of esters is 1. The van der Waals surface area contributed by atoms with E-state index in [1.165, 1.54) is 44.6 Å². The Kier molecular flexibility index (Phi) is 9.57. The highest BCUT2D eigenvalue weighted by Gasteiger charge is 2.28. The average Bonchev–Trinajstić information content (AvgIpc) is 3.24. The third kappa shape index (κ3) is 6.66. The summed E-state index contributed by atoms with van der Waals surface area (Å²) in [5.41, 5.74) is 4.29. The highest BCUT2D eigenvalue weighted by molar-refractivity contribution is 6.10. The van der Waals surface area contributed by atoms with E-state index < -0.39 is 11.9 Å². The number of aliphatic hydroxyl groups excluding tert-OH is 1. The van der Waals surface area contributed by atoms with Crippen LogP contribution in [0.15, 0.2) is 112 Å². The van der Waals surface area contributed by atoms with E-state index in [4.69, 9.17) is 13.9 Å². The number of nitrogens with zero attached hydrogens (tertiary/aromatic N) is 2. The molecule has 0 unspecified atom stereocenters. The number of fused-ring (bicyclic) bond motifs is 4. The normalized spacial score (nSPS) is 11.3. The second-order valence-electron chi connectivity index (χ2n) is 13.2. The van der Waals surface area contributed by atoms with Crippen molar-refractivity contribution in [2.45, 2.75) is 19.7 Å². The summed E-state index contributed by atoms with van der Waals surface area (Å²) in [6.45, 7) is -0.262. The second kappa shape index (κ2) is 15.0. The quantitative estimate of drug-likeness (QED) is 0.0640. The summed E-state index contributed by atoms with van der Waals surface area (Å²) in [6, 6.07) is 28.5. The van der Waals surface area contributed by atoms with Gasteiger partial charge < -0.3 is 39.8 Å². The number of para-hydroxylation sites is 2. The van der Waals surface area contributed by atoms with Gasteiger partial charge in [0.1, 0.15) is 17.1 Å². The topological polar surface area (TPSA) is 193 Å². The Morgan fingerprint density at radius 3 is 2.16 bits per heavy atom. The Labute approximate surface area is 324 Å². The number of aromatic carboxylic acids is 1. The van der Waals surface area contributed by atoms with Gasteiger partial charge in [0.05, 0.1) is 71.2 Å². The van der Waals surface area contributed by atoms with Gasteiger partial charge in [0.15, 0.2) is 5.43 Å². The number of phenols is 1. The van der Waals surface area contributed by atoms with Crippen LogP contribution in [-0.4, -0.2) is 51.4 Å². The molecule has 4 aromatic carbocycles. The van der Waals surface area contributed by atoms with Crippen molar-refractivity contribution >= 4 is 56.1 Å². The molecule has 1 aliphatic carbocycles. The van der Waals surface area contributed by atoms with E-state index in [9.17, 15) is 29.7 Å². The van der Waals surface area contributed by atoms with Crippen LogP contribution in [0.5, 0.6) is 11.6 Å². The molecule has 2 aromatic heterocycles. The fourth-order valence-corrected chi connectivity index (χ4v) is 7.07. The minimum Gasteiger partial charge on any atom is -0.507 e. The Bertz CT molecular complexity index is 2920. The molecule has 0 atom stereocenters. The van der Waals surface area contributed by atoms with E-state index in [1.54, 1.807) is 24.3 Å². The second-order valence-corrected chi connectivity index (χ2v) is 13.2. The predicted molar refractivity (Wildman–Crippen MR) is 215 cm³/mol. The van der Waals surface area contributed by atoms with Crippen molar-refractivity contribution in [2.75, 3.05) is 24.9 Å². The van der Waals surface area contributed by atoms with Crippen LogP contribution < -0.4 is 20.8 Å². The Morgan fingerprint density at radius 1 is 0.772 bits per heavy atom. The first-order valence-corrected chi connectivity index (χ1v) is 17.8. The van der Waals surface area contributed by atoms with E-state index in [2.05, 4.69) is 20.6 Å². The van der Waals surface area contributed by atoms with E-state index >= 15 is 0 Å². The van der Waals surface area contributed by atoms with Crippen LogP contribution in [0.2, 0.25) is 0 Å². The number of hydrogen-bond acceptors (Lipinski definition) is 12. The average molecular weight is 763 g/mol. The molecule has 13 nitrogen and oxygen atoms in total. The third-order valence-electron chi connectivity index (χ3n) is 9.89. The first-order chi connectivity index (χ1) is 27.7. The van der Waals surface area contributed by atoms with Gasteiger partial charge in [-0.1, -0.05) is 30.3 Å². The Morgan fingerprint density at radius 2 is 1.47 bits per heavy atom. The van der Waals surface area contributed by atoms with Crippen molar-refractivity contribution in [3.63, 3.8) is 0 Å². The number of carboxylic acid groups (broad SMARTS) is 1. The van der Waals surface area contributed by atoms with Crippen LogP contribution in [0.25, 0.3) is 55.2 Å². The van der Waals surface area contributed by atoms with Crippen molar-refractivity contribution in [2.24, 2.45) is 0 Å². The number of nitrogens with one attached hydrogen (secondary N) is 2. The number of hydrogen-bond donors (Lipinski definition) is 5. The standard InChI is InChI=1S/C44H34N4O9/c1-55-37-18-11-24-6-4-8-34(40(24)48-37)46-21-32-36(51)17-15-29-38(30-19-25(43(52)53)10-13-27(30)44(54)56-2)28-14-16-35(50)31(41(28)57-42(29)32)20-45-33-7-3-5-23-9-12-26(22-49)47-39(23)33/h3-19,45-46,49-50H,20-22H2,1-2H3,(H,52,53). The summed E-state index contributed by atoms with van der Waals surface area (Å²) >= 11 is 0. The maximum Gasteiger partial charge on any atom is 0.338 e. The zero-order chi connectivity index (χ0) is 39.8. The monoisotopic (exact) mass is 762 g/mol. The highest BCUT2D eigenvalue weighted by atomic mass is 16.5. The minimum absolute atomic E-state index is 0.00888. The molecule has 3 heterocycles. The fraction of sp³-hybridized carbons (Fsp3) is 0.114. The molecule has 1 aliphatic heterocycles. The van der Waals surface area contributed by atoms with E-state index in [0.29, 0.717) is 56.1 Å². The maximum atomic E-state index is 13.8. The molecule has 6 aromatic rings. The van der Waals surface area contributed by atoms with Gasteiger partial charge in [-0.25, -0.2) is 19.6 Å². The summed E-state index contributed by atoms with van der Waals surface area (Å²) in [5, 5.41) is 40.0. The Balaban J connectivity index is 1.35. The lowest BCUT2D eigenvalue weighted by Gasteiger charge is -2.21. The maximum absolute atomic E-state index is 13.8. The van der Waals surface area contributed by atoms with Gasteiger partial charge in [0, 0.05) is 46.4 Å². The molecular formula is C44H34N4O9. The zero-order valence-electron chi connectivity index (χ0n) is 30.6. The summed E-state index contributed by atoms with van der Waals surface area (Å²) in [5.74, 6) is -1.50. The van der Waals surface area contributed by atoms with Crippen molar-refractivity contribution in [3.8, 4) is 34.1 Å². The molecule has 284 valence electrons. The van der Waals surface area contributed by atoms with Crippen molar-refractivity contribution < 1.29 is 38.8 Å². The lowest BCUT2D eigenvalue weighted by molar-refractivity contribution is 0.0599. The van der Waals surface area contributed by atoms with Crippen LogP contribution in [0, 0.1) is 0 Å². The molecule has 57 heavy (non-hydrogen) atoms. The molecule has 13 heteroatoms. The van der Waals surface area contributed by atoms with Gasteiger partial charge in [-0.05, 0) is 72.3 Å². The molecule has 5 N–H and O–H groups in total. The first-order valence-electron chi connectivity index (χ1n) is 17.8. The first kappa shape index (κ1) is 36.5. The highest BCUT2D eigenvalue weighted by Crippen LogP contribution is 2.45. The molecular weight excluding hydrogens is 729 g/mol. The van der Waals surface area contributed by atoms with Crippen LogP contribution in [0.1, 0.15) is 37.5 Å². The number of pyridine rings is 2. The number of carbonyl (C=O) groups is 2. The molecule has 2 aliphatic rings. The van der Waals surface area contributed by atoms with E-state index in [-0.39, 0.29) is 64.5 Å². The van der Waals surface area contributed by atoms with Gasteiger partial charge in [-0.3, -0.25) is 4.79 Å². The van der Waals surface area contributed by atoms with Crippen LogP contribution in [0.4, 0.5) is 11.4 Å². The van der Waals surface area contributed by atoms with Crippen molar-refractivity contribution in [1.82, 2.24) is 9.97 Å². The van der Waals surface area contributed by atoms with Gasteiger partial charge in [0.2, 0.25) is 5.88 Å². The number of anilines is 2. The Hall–Kier alpha value is -7.51. The van der Waals surface area contributed by atoms with E-state index in [0.717, 1.165) is 10.8 Å². The lowest BCUT2D eigenvalue weighted by Crippen LogP contribution is -2.15. The van der Waals surface area contributed by atoms with Gasteiger partial charge in [-0.2, -0.15) is 0 Å². The molecule has 0 saturated carbocycles. The summed E-state index contributed by atoms with van der Waals surface area (Å²) in [6.07, 6.45) is 0. The summed E-state index contributed by atoms with van der Waals surface area (Å²) in [4.78, 5) is 48.6. The molecule has 8 rings (SSSR count). The van der Waals surface area contributed by atoms with Crippen LogP contribution >= 0.6 is 0 Å². The zero-order valence-corrected chi connectivity index (χ0v) is 30.6. The van der Waals surface area contributed by atoms with E-state index in [1.807, 2.05) is 48.5 Å². The molecule has 0 bridgehead atoms. The largest absolute Gasteiger partial charge is 0.507 e. The number of aromatic hydroxyl groups is 1. The van der Waals surface area contributed by atoms with Crippen molar-refractivity contribution in [1.29, 1.82) is 0 Å². The number of carbonyl (C=O) groups excluding carboxylic acids is 1. The lowest BCUT2D eigenvalue weighted by atomic mass is 9.87. The number of ether oxygens (including phenoxy) is 2. The number of phenolic OH excluding ortho intramolecular Hbond substituents is 1. The van der Waals surface area contributed by atoms with Gasteiger partial charge in [0.25, 0.3) is 0 Å². The molecule has 0 fully saturated rings. The van der Waals surface area contributed by atoms with Gasteiger partial charge >= 0.3 is 11.9 Å². The summed E-state index contributed by atoms with van der Waals surface area (Å²) < 4.78 is 17.2. The number of carboxylic acids is 1. The molecule has 0 spiro atoms. The fourth-order valence-electron chi connectivity index (χ4n) is 7.07. The van der Waals surface area contributed by atoms with Gasteiger partial charge in [-0.15, -0.1) is 0 Å². The summed E-state index contributed by atoms with van der Waals surface area (Å²) in [7, 11) is 2.76. The smallest absolute Gasteiger partial charge is 0.338 e. The van der Waals surface area contributed by atoms with Crippen LogP contribution in [0.3, 0.4) is 0 Å². The number of methoxy groups -OCH3 is 2. The molecule has 0 radical (unpaired) electrons. The van der Waals surface area contributed by atoms with Crippen LogP contribution in [-0.2, 0) is 24.4 Å². The van der Waals surface area contributed by atoms with Crippen molar-refractivity contribution in [3.05, 3.63) is 141 Å². The predicted octanol–water partition coefficient (Wildman–Crippen LogP) is 7.58. The number of aliphatic hydroxyl groups is 1. The molecule has 0 amide bonds. The number of aromatic nitrogens is 2. The SMILES string of the molecule is COC(=O)c1ccc(C(=O)O)cc1-c1c2ccc(=O)c(CNc3cccc4ccc(OC)nc34)c-2oc2c(CNc3cccc4ccc(CO)nc34)c(O)ccc12. The molecule has 0 saturated heterocycles. The number of rotatable bonds is 11. The minimum atomic E-state index is -1.22. The third-order valence-corrected chi connectivity index (χ3v) is 9.89.